The summed E-state index contributed by atoms with van der Waals surface area (Å²) < 4.78 is 29.3. The molecule has 1 aromatic heterocycles. The number of carbonyl (C=O) groups excluding carboxylic acids is 2. The Labute approximate surface area is 205 Å². The SMILES string of the molecule is CC(=O)N1c2ccc(S(=O)(=O)NC(Cc3ccccc3)C(=O)Nc3ncccc3C)cc2CC1C. The maximum Gasteiger partial charge on any atom is 0.244 e. The number of pyridine rings is 1. The number of nitrogens with one attached hydrogen (secondary N) is 2. The Morgan fingerprint density at radius 1 is 1.11 bits per heavy atom. The molecule has 2 amide bonds. The fourth-order valence-corrected chi connectivity index (χ4v) is 5.61. The summed E-state index contributed by atoms with van der Waals surface area (Å²) in [6.45, 7) is 5.23. The Hall–Kier alpha value is -3.56. The van der Waals surface area contributed by atoms with E-state index >= 15 is 0 Å². The molecule has 2 aromatic carbocycles. The Kier molecular flexibility index (Phi) is 7.00. The number of rotatable bonds is 7. The lowest BCUT2D eigenvalue weighted by atomic mass is 10.1. The zero-order chi connectivity index (χ0) is 25.2. The smallest absolute Gasteiger partial charge is 0.244 e. The predicted octanol–water partition coefficient (Wildman–Crippen LogP) is 3.22. The van der Waals surface area contributed by atoms with Gasteiger partial charge in [0.15, 0.2) is 0 Å². The molecular weight excluding hydrogens is 464 g/mol. The summed E-state index contributed by atoms with van der Waals surface area (Å²) in [6.07, 6.45) is 2.29. The van der Waals surface area contributed by atoms with E-state index in [4.69, 9.17) is 0 Å². The van der Waals surface area contributed by atoms with Gasteiger partial charge in [-0.15, -0.1) is 0 Å². The van der Waals surface area contributed by atoms with E-state index in [0.29, 0.717) is 17.9 Å². The van der Waals surface area contributed by atoms with Gasteiger partial charge in [0.05, 0.1) is 4.90 Å². The second-order valence-corrected chi connectivity index (χ2v) is 10.5. The van der Waals surface area contributed by atoms with Crippen molar-refractivity contribution in [3.63, 3.8) is 0 Å². The topological polar surface area (TPSA) is 108 Å². The Morgan fingerprint density at radius 3 is 2.54 bits per heavy atom. The van der Waals surface area contributed by atoms with Crippen LogP contribution in [0.1, 0.15) is 30.5 Å². The fraction of sp³-hybridized carbons (Fsp3) is 0.269. The third-order valence-corrected chi connectivity index (χ3v) is 7.53. The molecule has 182 valence electrons. The highest BCUT2D eigenvalue weighted by Crippen LogP contribution is 2.34. The van der Waals surface area contributed by atoms with Gasteiger partial charge in [0.1, 0.15) is 11.9 Å². The Balaban J connectivity index is 1.62. The molecule has 0 saturated heterocycles. The van der Waals surface area contributed by atoms with Crippen molar-refractivity contribution in [3.8, 4) is 0 Å². The van der Waals surface area contributed by atoms with Crippen LogP contribution in [0.5, 0.6) is 0 Å². The van der Waals surface area contributed by atoms with Gasteiger partial charge in [-0.2, -0.15) is 4.72 Å². The highest BCUT2D eigenvalue weighted by atomic mass is 32.2. The average Bonchev–Trinajstić information content (AvgIpc) is 3.15. The molecule has 8 nitrogen and oxygen atoms in total. The van der Waals surface area contributed by atoms with E-state index in [-0.39, 0.29) is 23.3 Å². The first kappa shape index (κ1) is 24.6. The molecule has 2 atom stereocenters. The molecule has 2 N–H and O–H groups in total. The number of anilines is 2. The van der Waals surface area contributed by atoms with Crippen molar-refractivity contribution in [3.05, 3.63) is 83.6 Å². The van der Waals surface area contributed by atoms with Gasteiger partial charge in [0.25, 0.3) is 0 Å². The van der Waals surface area contributed by atoms with Crippen LogP contribution in [0.2, 0.25) is 0 Å². The number of hydrogen-bond acceptors (Lipinski definition) is 5. The van der Waals surface area contributed by atoms with Crippen molar-refractivity contribution >= 4 is 33.3 Å². The summed E-state index contributed by atoms with van der Waals surface area (Å²) in [7, 11) is -4.04. The molecule has 0 saturated carbocycles. The van der Waals surface area contributed by atoms with Crippen molar-refractivity contribution in [1.29, 1.82) is 0 Å². The monoisotopic (exact) mass is 492 g/mol. The first-order chi connectivity index (χ1) is 16.7. The minimum atomic E-state index is -4.04. The number of amides is 2. The first-order valence-electron chi connectivity index (χ1n) is 11.4. The summed E-state index contributed by atoms with van der Waals surface area (Å²) in [4.78, 5) is 31.1. The molecule has 1 aliphatic heterocycles. The largest absolute Gasteiger partial charge is 0.309 e. The molecular formula is C26H28N4O4S. The van der Waals surface area contributed by atoms with E-state index in [1.165, 1.54) is 13.0 Å². The number of benzene rings is 2. The van der Waals surface area contributed by atoms with Crippen molar-refractivity contribution in [1.82, 2.24) is 9.71 Å². The second-order valence-electron chi connectivity index (χ2n) is 8.75. The summed E-state index contributed by atoms with van der Waals surface area (Å²) in [5.74, 6) is -0.211. The minimum Gasteiger partial charge on any atom is -0.309 e. The third-order valence-electron chi connectivity index (χ3n) is 6.06. The van der Waals surface area contributed by atoms with Crippen molar-refractivity contribution in [2.24, 2.45) is 0 Å². The fourth-order valence-electron chi connectivity index (χ4n) is 4.37. The van der Waals surface area contributed by atoms with Gasteiger partial charge in [-0.25, -0.2) is 13.4 Å². The van der Waals surface area contributed by atoms with Crippen LogP contribution in [0.25, 0.3) is 0 Å². The summed E-state index contributed by atoms with van der Waals surface area (Å²) in [5.41, 5.74) is 3.08. The van der Waals surface area contributed by atoms with Gasteiger partial charge < -0.3 is 10.2 Å². The normalized spacial score (nSPS) is 16.0. The van der Waals surface area contributed by atoms with Crippen LogP contribution in [0, 0.1) is 6.92 Å². The van der Waals surface area contributed by atoms with Crippen LogP contribution in [0.15, 0.2) is 71.8 Å². The van der Waals surface area contributed by atoms with E-state index < -0.39 is 22.0 Å². The molecule has 35 heavy (non-hydrogen) atoms. The number of aryl methyl sites for hydroxylation is 1. The van der Waals surface area contributed by atoms with Crippen LogP contribution in [-0.2, 0) is 32.5 Å². The van der Waals surface area contributed by atoms with Gasteiger partial charge in [0, 0.05) is 24.8 Å². The molecule has 2 unspecified atom stereocenters. The molecule has 0 bridgehead atoms. The zero-order valence-electron chi connectivity index (χ0n) is 19.9. The first-order valence-corrected chi connectivity index (χ1v) is 12.9. The minimum absolute atomic E-state index is 0.0494. The van der Waals surface area contributed by atoms with Crippen molar-refractivity contribution in [2.45, 2.75) is 50.6 Å². The van der Waals surface area contributed by atoms with Crippen LogP contribution >= 0.6 is 0 Å². The second kappa shape index (κ2) is 9.97. The lowest BCUT2D eigenvalue weighted by Gasteiger charge is -2.21. The van der Waals surface area contributed by atoms with E-state index in [2.05, 4.69) is 15.0 Å². The van der Waals surface area contributed by atoms with Gasteiger partial charge in [-0.1, -0.05) is 36.4 Å². The summed E-state index contributed by atoms with van der Waals surface area (Å²) in [5, 5.41) is 2.75. The molecule has 4 rings (SSSR count). The highest BCUT2D eigenvalue weighted by molar-refractivity contribution is 7.89. The van der Waals surface area contributed by atoms with Crippen LogP contribution in [-0.4, -0.2) is 37.3 Å². The molecule has 0 fully saturated rings. The summed E-state index contributed by atoms with van der Waals surface area (Å²) in [6, 6.07) is 16.4. The van der Waals surface area contributed by atoms with Gasteiger partial charge in [-0.05, 0) is 67.6 Å². The number of fused-ring (bicyclic) bond motifs is 1. The number of carbonyl (C=O) groups is 2. The lowest BCUT2D eigenvalue weighted by molar-refractivity contribution is -0.118. The third kappa shape index (κ3) is 5.41. The summed E-state index contributed by atoms with van der Waals surface area (Å²) >= 11 is 0. The van der Waals surface area contributed by atoms with Crippen LogP contribution < -0.4 is 14.9 Å². The van der Waals surface area contributed by atoms with Crippen LogP contribution in [0.4, 0.5) is 11.5 Å². The zero-order valence-corrected chi connectivity index (χ0v) is 20.7. The molecule has 1 aliphatic rings. The van der Waals surface area contributed by atoms with E-state index in [0.717, 1.165) is 16.7 Å². The van der Waals surface area contributed by atoms with E-state index in [1.807, 2.05) is 50.2 Å². The number of hydrogen-bond donors (Lipinski definition) is 2. The number of aromatic nitrogens is 1. The van der Waals surface area contributed by atoms with Gasteiger partial charge in [-0.3, -0.25) is 9.59 Å². The molecule has 0 aliphatic carbocycles. The van der Waals surface area contributed by atoms with Crippen molar-refractivity contribution < 1.29 is 18.0 Å². The quantitative estimate of drug-likeness (QED) is 0.527. The predicted molar refractivity (Wildman–Crippen MR) is 135 cm³/mol. The standard InChI is InChI=1S/C26H28N4O4S/c1-17-8-7-13-27-25(17)28-26(32)23(15-20-9-5-4-6-10-20)29-35(33,34)22-11-12-24-21(16-22)14-18(2)30(24)19(3)31/h4-13,16,18,23,29H,14-15H2,1-3H3,(H,27,28,32). The van der Waals surface area contributed by atoms with Crippen LogP contribution in [0.3, 0.4) is 0 Å². The average molecular weight is 493 g/mol. The lowest BCUT2D eigenvalue weighted by Crippen LogP contribution is -2.45. The molecule has 3 aromatic rings. The number of nitrogens with zero attached hydrogens (tertiary/aromatic N) is 2. The Morgan fingerprint density at radius 2 is 1.86 bits per heavy atom. The van der Waals surface area contributed by atoms with Gasteiger partial charge >= 0.3 is 0 Å². The maximum absolute atomic E-state index is 13.4. The molecule has 0 spiro atoms. The number of sulfonamides is 1. The highest BCUT2D eigenvalue weighted by Gasteiger charge is 2.32. The van der Waals surface area contributed by atoms with Crippen molar-refractivity contribution in [2.75, 3.05) is 10.2 Å². The Bertz CT molecular complexity index is 1360. The van der Waals surface area contributed by atoms with Gasteiger partial charge in [0.2, 0.25) is 21.8 Å². The molecule has 9 heteroatoms. The maximum atomic E-state index is 13.4. The molecule has 0 radical (unpaired) electrons. The van der Waals surface area contributed by atoms with E-state index in [9.17, 15) is 18.0 Å². The van der Waals surface area contributed by atoms with E-state index in [1.54, 1.807) is 29.3 Å². The molecule has 2 heterocycles.